The zero-order valence-electron chi connectivity index (χ0n) is 15.0. The van der Waals surface area contributed by atoms with E-state index in [1.807, 2.05) is 0 Å². The average Bonchev–Trinajstić information content (AvgIpc) is 2.94. The Morgan fingerprint density at radius 2 is 1.79 bits per heavy atom. The third kappa shape index (κ3) is 4.78. The Bertz CT molecular complexity index is 1010. The first-order chi connectivity index (χ1) is 13.8. The van der Waals surface area contributed by atoms with Crippen molar-refractivity contribution in [2.24, 2.45) is 0 Å². The summed E-state index contributed by atoms with van der Waals surface area (Å²) in [6, 6.07) is 12.3. The number of carbonyl (C=O) groups is 4. The van der Waals surface area contributed by atoms with Crippen LogP contribution >= 0.6 is 0 Å². The maximum atomic E-state index is 12.1. The lowest BCUT2D eigenvalue weighted by Crippen LogP contribution is -2.35. The number of urea groups is 1. The SMILES string of the molecule is O=C(O)CN1C(=O)N/C(=C/c2ccc(OCc3cccc(C(=O)O)c3)cc2)C1=O. The lowest BCUT2D eigenvalue weighted by atomic mass is 10.1. The molecule has 1 aliphatic heterocycles. The number of rotatable bonds is 7. The van der Waals surface area contributed by atoms with Gasteiger partial charge in [0.15, 0.2) is 0 Å². The summed E-state index contributed by atoms with van der Waals surface area (Å²) in [4.78, 5) is 46.1. The van der Waals surface area contributed by atoms with Crippen molar-refractivity contribution >= 4 is 30.0 Å². The number of hydrogen-bond donors (Lipinski definition) is 3. The van der Waals surface area contributed by atoms with Crippen molar-refractivity contribution in [1.29, 1.82) is 0 Å². The van der Waals surface area contributed by atoms with Gasteiger partial charge in [-0.15, -0.1) is 0 Å². The van der Waals surface area contributed by atoms with E-state index in [4.69, 9.17) is 14.9 Å². The van der Waals surface area contributed by atoms with E-state index in [0.717, 1.165) is 0 Å². The third-order valence-electron chi connectivity index (χ3n) is 4.03. The number of hydrogen-bond acceptors (Lipinski definition) is 5. The molecule has 0 spiro atoms. The molecule has 0 aliphatic carbocycles. The van der Waals surface area contributed by atoms with Crippen molar-refractivity contribution in [2.75, 3.05) is 6.54 Å². The zero-order chi connectivity index (χ0) is 21.0. The molecule has 0 saturated carbocycles. The lowest BCUT2D eigenvalue weighted by Gasteiger charge is -2.08. The van der Waals surface area contributed by atoms with E-state index in [1.165, 1.54) is 18.2 Å². The van der Waals surface area contributed by atoms with Crippen LogP contribution in [-0.4, -0.2) is 45.5 Å². The molecule has 0 bridgehead atoms. The fourth-order valence-corrected chi connectivity index (χ4v) is 2.64. The highest BCUT2D eigenvalue weighted by Gasteiger charge is 2.34. The number of carboxylic acid groups (broad SMARTS) is 2. The highest BCUT2D eigenvalue weighted by molar-refractivity contribution is 6.15. The highest BCUT2D eigenvalue weighted by atomic mass is 16.5. The molecule has 0 atom stereocenters. The normalized spacial score (nSPS) is 14.8. The summed E-state index contributed by atoms with van der Waals surface area (Å²) in [7, 11) is 0. The summed E-state index contributed by atoms with van der Waals surface area (Å²) in [6.45, 7) is -0.530. The summed E-state index contributed by atoms with van der Waals surface area (Å²) in [6.07, 6.45) is 1.43. The number of carbonyl (C=O) groups excluding carboxylic acids is 2. The Labute approximate surface area is 164 Å². The number of benzene rings is 2. The molecule has 148 valence electrons. The van der Waals surface area contributed by atoms with Crippen molar-refractivity contribution in [3.8, 4) is 5.75 Å². The number of aromatic carboxylic acids is 1. The van der Waals surface area contributed by atoms with Crippen LogP contribution in [-0.2, 0) is 16.2 Å². The first-order valence-electron chi connectivity index (χ1n) is 8.45. The van der Waals surface area contributed by atoms with Gasteiger partial charge in [-0.2, -0.15) is 0 Å². The molecule has 3 amide bonds. The number of imide groups is 1. The largest absolute Gasteiger partial charge is 0.489 e. The van der Waals surface area contributed by atoms with Crippen molar-refractivity contribution in [3.63, 3.8) is 0 Å². The number of nitrogens with one attached hydrogen (secondary N) is 1. The van der Waals surface area contributed by atoms with Crippen molar-refractivity contribution in [3.05, 3.63) is 70.9 Å². The maximum absolute atomic E-state index is 12.1. The van der Waals surface area contributed by atoms with Crippen LogP contribution in [0.4, 0.5) is 4.79 Å². The molecule has 9 nitrogen and oxygen atoms in total. The molecule has 1 aliphatic rings. The van der Waals surface area contributed by atoms with Crippen LogP contribution in [0.1, 0.15) is 21.5 Å². The van der Waals surface area contributed by atoms with Crippen LogP contribution in [0.3, 0.4) is 0 Å². The molecule has 3 N–H and O–H groups in total. The van der Waals surface area contributed by atoms with Crippen LogP contribution in [0, 0.1) is 0 Å². The van der Waals surface area contributed by atoms with Crippen molar-refractivity contribution in [2.45, 2.75) is 6.61 Å². The van der Waals surface area contributed by atoms with Crippen LogP contribution in [0.5, 0.6) is 5.75 Å². The van der Waals surface area contributed by atoms with Gasteiger partial charge >= 0.3 is 18.0 Å². The van der Waals surface area contributed by atoms with Gasteiger partial charge in [-0.05, 0) is 41.5 Å². The summed E-state index contributed by atoms with van der Waals surface area (Å²) in [5.41, 5.74) is 1.46. The smallest absolute Gasteiger partial charge is 0.335 e. The molecule has 0 radical (unpaired) electrons. The van der Waals surface area contributed by atoms with Gasteiger partial charge in [0.2, 0.25) is 0 Å². The van der Waals surface area contributed by atoms with E-state index >= 15 is 0 Å². The van der Waals surface area contributed by atoms with Gasteiger partial charge in [0, 0.05) is 0 Å². The maximum Gasteiger partial charge on any atom is 0.335 e. The van der Waals surface area contributed by atoms with E-state index in [0.29, 0.717) is 21.8 Å². The summed E-state index contributed by atoms with van der Waals surface area (Å²) >= 11 is 0. The van der Waals surface area contributed by atoms with Gasteiger partial charge < -0.3 is 20.3 Å². The van der Waals surface area contributed by atoms with Crippen LogP contribution in [0.15, 0.2) is 54.2 Å². The quantitative estimate of drug-likeness (QED) is 0.481. The van der Waals surface area contributed by atoms with E-state index in [-0.39, 0.29) is 17.9 Å². The van der Waals surface area contributed by atoms with E-state index in [9.17, 15) is 19.2 Å². The molecule has 29 heavy (non-hydrogen) atoms. The van der Waals surface area contributed by atoms with Crippen molar-refractivity contribution in [1.82, 2.24) is 10.2 Å². The predicted molar refractivity (Wildman–Crippen MR) is 100 cm³/mol. The Balaban J connectivity index is 1.65. The molecular weight excluding hydrogens is 380 g/mol. The zero-order valence-corrected chi connectivity index (χ0v) is 15.0. The standard InChI is InChI=1S/C20H16N2O7/c23-17(24)10-22-18(25)16(21-20(22)28)9-12-4-6-15(7-5-12)29-11-13-2-1-3-14(8-13)19(26)27/h1-9H,10-11H2,(H,21,28)(H,23,24)(H,26,27)/b16-9+. The molecule has 1 fully saturated rings. The second-order valence-electron chi connectivity index (χ2n) is 6.14. The van der Waals surface area contributed by atoms with Gasteiger partial charge in [0.05, 0.1) is 5.56 Å². The number of aliphatic carboxylic acids is 1. The van der Waals surface area contributed by atoms with Crippen LogP contribution in [0.2, 0.25) is 0 Å². The monoisotopic (exact) mass is 396 g/mol. The summed E-state index contributed by atoms with van der Waals surface area (Å²) in [5, 5.41) is 20.1. The molecule has 1 saturated heterocycles. The highest BCUT2D eigenvalue weighted by Crippen LogP contribution is 2.18. The third-order valence-corrected chi connectivity index (χ3v) is 4.03. The number of carboxylic acids is 2. The Hall–Kier alpha value is -4.14. The topological polar surface area (TPSA) is 133 Å². The van der Waals surface area contributed by atoms with E-state index in [2.05, 4.69) is 5.32 Å². The van der Waals surface area contributed by atoms with Crippen LogP contribution in [0.25, 0.3) is 6.08 Å². The first kappa shape index (κ1) is 19.6. The molecule has 3 rings (SSSR count). The average molecular weight is 396 g/mol. The van der Waals surface area contributed by atoms with Crippen molar-refractivity contribution < 1.29 is 34.1 Å². The Kier molecular flexibility index (Phi) is 5.59. The fraction of sp³-hybridized carbons (Fsp3) is 0.100. The van der Waals surface area contributed by atoms with E-state index < -0.39 is 30.4 Å². The second kappa shape index (κ2) is 8.26. The van der Waals surface area contributed by atoms with Gasteiger partial charge in [-0.1, -0.05) is 24.3 Å². The van der Waals surface area contributed by atoms with Gasteiger partial charge in [0.1, 0.15) is 24.6 Å². The molecule has 0 aromatic heterocycles. The first-order valence-corrected chi connectivity index (χ1v) is 8.45. The lowest BCUT2D eigenvalue weighted by molar-refractivity contribution is -0.140. The number of nitrogens with zero attached hydrogens (tertiary/aromatic N) is 1. The molecule has 2 aromatic carbocycles. The van der Waals surface area contributed by atoms with Crippen LogP contribution < -0.4 is 10.1 Å². The molecule has 2 aromatic rings. The van der Waals surface area contributed by atoms with E-state index in [1.54, 1.807) is 36.4 Å². The van der Waals surface area contributed by atoms with Gasteiger partial charge in [0.25, 0.3) is 5.91 Å². The minimum Gasteiger partial charge on any atom is -0.489 e. The second-order valence-corrected chi connectivity index (χ2v) is 6.14. The Morgan fingerprint density at radius 3 is 2.45 bits per heavy atom. The molecule has 9 heteroatoms. The molecule has 1 heterocycles. The number of ether oxygens (including phenoxy) is 1. The minimum absolute atomic E-state index is 0.0181. The molecule has 0 unspecified atom stereocenters. The number of amides is 3. The molecular formula is C20H16N2O7. The fourth-order valence-electron chi connectivity index (χ4n) is 2.64. The minimum atomic E-state index is -1.29. The Morgan fingerprint density at radius 1 is 1.07 bits per heavy atom. The van der Waals surface area contributed by atoms with Gasteiger partial charge in [-0.3, -0.25) is 9.59 Å². The summed E-state index contributed by atoms with van der Waals surface area (Å²) in [5.74, 6) is -2.48. The predicted octanol–water partition coefficient (Wildman–Crippen LogP) is 1.94. The summed E-state index contributed by atoms with van der Waals surface area (Å²) < 4.78 is 5.63. The van der Waals surface area contributed by atoms with Gasteiger partial charge in [-0.25, -0.2) is 14.5 Å².